The predicted molar refractivity (Wildman–Crippen MR) is 115 cm³/mol. The van der Waals surface area contributed by atoms with Crippen molar-refractivity contribution in [1.29, 1.82) is 0 Å². The first-order valence-corrected chi connectivity index (χ1v) is 10.7. The van der Waals surface area contributed by atoms with Crippen LogP contribution >= 0.6 is 11.3 Å². The number of benzene rings is 1. The highest BCUT2D eigenvalue weighted by Crippen LogP contribution is 2.31. The van der Waals surface area contributed by atoms with Crippen LogP contribution < -0.4 is 10.5 Å². The summed E-state index contributed by atoms with van der Waals surface area (Å²) < 4.78 is 1.82. The van der Waals surface area contributed by atoms with E-state index in [1.807, 2.05) is 49.6 Å². The molecule has 5 nitrogen and oxygen atoms in total. The fourth-order valence-electron chi connectivity index (χ4n) is 3.98. The van der Waals surface area contributed by atoms with Gasteiger partial charge in [0, 0.05) is 25.2 Å². The van der Waals surface area contributed by atoms with Crippen molar-refractivity contribution in [1.82, 2.24) is 9.55 Å². The number of amides is 1. The number of aromatic nitrogens is 2. The van der Waals surface area contributed by atoms with E-state index in [1.165, 1.54) is 11.3 Å². The third-order valence-corrected chi connectivity index (χ3v) is 6.65. The quantitative estimate of drug-likeness (QED) is 0.658. The van der Waals surface area contributed by atoms with E-state index in [-0.39, 0.29) is 11.5 Å². The molecule has 0 spiro atoms. The Balaban J connectivity index is 1.82. The second-order valence-corrected chi connectivity index (χ2v) is 8.42. The number of aryl methyl sites for hydroxylation is 3. The standard InChI is InChI=1S/C22H25N3O2S/c1-4-24(16-10-8-9-14(2)13-16)22(27)19-15(3)18-20(28-19)23-17-11-6-5-7-12-25(17)21(18)26/h8-10,13H,4-7,11-12H2,1-3H3. The number of carbonyl (C=O) groups excluding carboxylic acids is 1. The van der Waals surface area contributed by atoms with E-state index < -0.39 is 0 Å². The normalized spacial score (nSPS) is 14.0. The topological polar surface area (TPSA) is 55.2 Å². The number of fused-ring (bicyclic) bond motifs is 2. The minimum Gasteiger partial charge on any atom is -0.308 e. The van der Waals surface area contributed by atoms with Gasteiger partial charge in [0.15, 0.2) is 0 Å². The minimum atomic E-state index is -0.0619. The summed E-state index contributed by atoms with van der Waals surface area (Å²) in [4.78, 5) is 34.4. The molecule has 28 heavy (non-hydrogen) atoms. The molecule has 1 amide bonds. The number of hydrogen-bond donors (Lipinski definition) is 0. The van der Waals surface area contributed by atoms with Gasteiger partial charge in [0.2, 0.25) is 0 Å². The largest absolute Gasteiger partial charge is 0.308 e. The van der Waals surface area contributed by atoms with Gasteiger partial charge in [-0.3, -0.25) is 14.2 Å². The predicted octanol–water partition coefficient (Wildman–Crippen LogP) is 4.47. The molecule has 2 aromatic heterocycles. The fraction of sp³-hybridized carbons (Fsp3) is 0.409. The van der Waals surface area contributed by atoms with Gasteiger partial charge in [-0.1, -0.05) is 18.6 Å². The van der Waals surface area contributed by atoms with Crippen LogP contribution in [0, 0.1) is 13.8 Å². The van der Waals surface area contributed by atoms with E-state index in [1.54, 1.807) is 4.90 Å². The van der Waals surface area contributed by atoms with Gasteiger partial charge in [0.05, 0.1) is 10.3 Å². The lowest BCUT2D eigenvalue weighted by Gasteiger charge is -2.21. The van der Waals surface area contributed by atoms with Crippen molar-refractivity contribution < 1.29 is 4.79 Å². The Hall–Kier alpha value is -2.47. The molecule has 0 fully saturated rings. The lowest BCUT2D eigenvalue weighted by molar-refractivity contribution is 0.0991. The van der Waals surface area contributed by atoms with Crippen LogP contribution in [0.4, 0.5) is 5.69 Å². The molecule has 0 N–H and O–H groups in total. The number of thiophene rings is 1. The van der Waals surface area contributed by atoms with E-state index in [9.17, 15) is 9.59 Å². The fourth-order valence-corrected chi connectivity index (χ4v) is 5.12. The van der Waals surface area contributed by atoms with Gasteiger partial charge >= 0.3 is 0 Å². The van der Waals surface area contributed by atoms with Crippen molar-refractivity contribution in [2.75, 3.05) is 11.4 Å². The zero-order valence-electron chi connectivity index (χ0n) is 16.6. The maximum absolute atomic E-state index is 13.4. The smallest absolute Gasteiger partial charge is 0.268 e. The molecule has 146 valence electrons. The highest BCUT2D eigenvalue weighted by molar-refractivity contribution is 7.20. The summed E-state index contributed by atoms with van der Waals surface area (Å²) in [5.74, 6) is 0.800. The van der Waals surface area contributed by atoms with Crippen molar-refractivity contribution in [2.45, 2.75) is 53.0 Å². The van der Waals surface area contributed by atoms with Gasteiger partial charge < -0.3 is 4.90 Å². The summed E-state index contributed by atoms with van der Waals surface area (Å²) in [5.41, 5.74) is 2.76. The second kappa shape index (κ2) is 7.51. The van der Waals surface area contributed by atoms with Crippen molar-refractivity contribution in [2.24, 2.45) is 0 Å². The van der Waals surface area contributed by atoms with Gasteiger partial charge in [-0.2, -0.15) is 0 Å². The van der Waals surface area contributed by atoms with E-state index in [4.69, 9.17) is 4.98 Å². The average Bonchev–Trinajstić information content (AvgIpc) is 2.84. The molecule has 0 unspecified atom stereocenters. The molecule has 0 saturated carbocycles. The molecule has 3 aromatic rings. The maximum Gasteiger partial charge on any atom is 0.268 e. The van der Waals surface area contributed by atoms with Crippen LogP contribution in [-0.4, -0.2) is 22.0 Å². The second-order valence-electron chi connectivity index (χ2n) is 7.42. The van der Waals surface area contributed by atoms with Gasteiger partial charge in [-0.25, -0.2) is 4.98 Å². The van der Waals surface area contributed by atoms with Crippen LogP contribution in [0.5, 0.6) is 0 Å². The summed E-state index contributed by atoms with van der Waals surface area (Å²) in [5, 5.41) is 0.610. The number of hydrogen-bond acceptors (Lipinski definition) is 4. The van der Waals surface area contributed by atoms with Crippen LogP contribution in [0.2, 0.25) is 0 Å². The highest BCUT2D eigenvalue weighted by atomic mass is 32.1. The first-order chi connectivity index (χ1) is 13.5. The first kappa shape index (κ1) is 18.9. The molecule has 0 atom stereocenters. The number of rotatable bonds is 3. The third kappa shape index (κ3) is 3.15. The maximum atomic E-state index is 13.4. The first-order valence-electron chi connectivity index (χ1n) is 9.92. The van der Waals surface area contributed by atoms with Crippen LogP contribution in [0.15, 0.2) is 29.1 Å². The molecule has 1 aromatic carbocycles. The van der Waals surface area contributed by atoms with E-state index in [0.29, 0.717) is 21.6 Å². The van der Waals surface area contributed by atoms with Gasteiger partial charge in [-0.05, 0) is 56.9 Å². The van der Waals surface area contributed by atoms with E-state index in [0.717, 1.165) is 54.9 Å². The summed E-state index contributed by atoms with van der Waals surface area (Å²) in [7, 11) is 0. The Morgan fingerprint density at radius 1 is 1.25 bits per heavy atom. The Kier molecular flexibility index (Phi) is 5.06. The molecule has 0 radical (unpaired) electrons. The Morgan fingerprint density at radius 3 is 2.82 bits per heavy atom. The minimum absolute atomic E-state index is 0.00769. The summed E-state index contributed by atoms with van der Waals surface area (Å²) in [6.07, 6.45) is 4.02. The molecular formula is C22H25N3O2S. The zero-order chi connectivity index (χ0) is 19.8. The summed E-state index contributed by atoms with van der Waals surface area (Å²) >= 11 is 1.35. The van der Waals surface area contributed by atoms with E-state index in [2.05, 4.69) is 0 Å². The van der Waals surface area contributed by atoms with Gasteiger partial charge in [-0.15, -0.1) is 11.3 Å². The monoisotopic (exact) mass is 395 g/mol. The van der Waals surface area contributed by atoms with Gasteiger partial charge in [0.25, 0.3) is 11.5 Å². The van der Waals surface area contributed by atoms with Crippen molar-refractivity contribution in [3.8, 4) is 0 Å². The van der Waals surface area contributed by atoms with Crippen molar-refractivity contribution in [3.05, 3.63) is 56.4 Å². The number of nitrogens with zero attached hydrogens (tertiary/aromatic N) is 3. The molecule has 0 bridgehead atoms. The summed E-state index contributed by atoms with van der Waals surface area (Å²) in [6, 6.07) is 7.94. The molecule has 1 aliphatic heterocycles. The Bertz CT molecular complexity index is 1110. The van der Waals surface area contributed by atoms with Crippen LogP contribution in [-0.2, 0) is 13.0 Å². The van der Waals surface area contributed by atoms with Crippen molar-refractivity contribution in [3.63, 3.8) is 0 Å². The van der Waals surface area contributed by atoms with Crippen LogP contribution in [0.3, 0.4) is 0 Å². The third-order valence-electron chi connectivity index (χ3n) is 5.48. The van der Waals surface area contributed by atoms with Crippen LogP contribution in [0.25, 0.3) is 10.2 Å². The lowest BCUT2D eigenvalue weighted by Crippen LogP contribution is -2.30. The average molecular weight is 396 g/mol. The molecule has 4 rings (SSSR count). The van der Waals surface area contributed by atoms with Crippen molar-refractivity contribution >= 4 is 33.1 Å². The van der Waals surface area contributed by atoms with Gasteiger partial charge in [0.1, 0.15) is 10.7 Å². The zero-order valence-corrected chi connectivity index (χ0v) is 17.4. The van der Waals surface area contributed by atoms with Crippen LogP contribution in [0.1, 0.15) is 52.8 Å². The molecule has 0 aliphatic carbocycles. The Labute approximate surface area is 168 Å². The number of anilines is 1. The highest BCUT2D eigenvalue weighted by Gasteiger charge is 2.25. The lowest BCUT2D eigenvalue weighted by atomic mass is 10.1. The SMILES string of the molecule is CCN(C(=O)c1sc2nc3n(c(=O)c2c1C)CCCCC3)c1cccc(C)c1. The van der Waals surface area contributed by atoms with E-state index >= 15 is 0 Å². The molecule has 0 saturated heterocycles. The Morgan fingerprint density at radius 2 is 2.07 bits per heavy atom. The summed E-state index contributed by atoms with van der Waals surface area (Å²) in [6.45, 7) is 7.16. The molecule has 3 heterocycles. The molecule has 6 heteroatoms. The molecule has 1 aliphatic rings. The number of carbonyl (C=O) groups is 1. The molecular weight excluding hydrogens is 370 g/mol.